The van der Waals surface area contributed by atoms with Gasteiger partial charge in [-0.3, -0.25) is 0 Å². The van der Waals surface area contributed by atoms with Gasteiger partial charge in [0.25, 0.3) is 0 Å². The molecule has 2 heteroatoms. The van der Waals surface area contributed by atoms with Crippen LogP contribution in [0.15, 0.2) is 59.5 Å². The Morgan fingerprint density at radius 2 is 1.76 bits per heavy atom. The van der Waals surface area contributed by atoms with Gasteiger partial charge in [0.1, 0.15) is 5.60 Å². The average Bonchev–Trinajstić information content (AvgIpc) is 3.33. The Kier molecular flexibility index (Phi) is 3.13. The number of rotatable bonds is 3. The van der Waals surface area contributed by atoms with Gasteiger partial charge in [0, 0.05) is 16.1 Å². The second-order valence-electron chi connectivity index (χ2n) is 6.44. The second kappa shape index (κ2) is 4.89. The average molecular weight is 296 g/mol. The third-order valence-electron chi connectivity index (χ3n) is 5.11. The Labute approximate surface area is 130 Å². The molecule has 0 radical (unpaired) electrons. The molecule has 2 atom stereocenters. The van der Waals surface area contributed by atoms with E-state index in [-0.39, 0.29) is 11.0 Å². The van der Waals surface area contributed by atoms with Crippen LogP contribution >= 0.6 is 11.8 Å². The van der Waals surface area contributed by atoms with Crippen LogP contribution in [-0.2, 0) is 16.8 Å². The van der Waals surface area contributed by atoms with E-state index in [9.17, 15) is 0 Å². The summed E-state index contributed by atoms with van der Waals surface area (Å²) in [5.41, 5.74) is 3.12. The fourth-order valence-corrected chi connectivity index (χ4v) is 4.81. The predicted molar refractivity (Wildman–Crippen MR) is 87.7 cm³/mol. The highest BCUT2D eigenvalue weighted by Crippen LogP contribution is 2.59. The van der Waals surface area contributed by atoms with Crippen molar-refractivity contribution < 1.29 is 4.74 Å². The molecule has 2 aromatic carbocycles. The number of epoxide rings is 1. The fourth-order valence-electron chi connectivity index (χ4n) is 3.59. The van der Waals surface area contributed by atoms with Crippen molar-refractivity contribution in [3.63, 3.8) is 0 Å². The van der Waals surface area contributed by atoms with Crippen LogP contribution in [0.1, 0.15) is 24.5 Å². The molecule has 21 heavy (non-hydrogen) atoms. The molecule has 1 heterocycles. The van der Waals surface area contributed by atoms with Crippen molar-refractivity contribution in [2.24, 2.45) is 5.41 Å². The van der Waals surface area contributed by atoms with E-state index in [1.807, 2.05) is 11.8 Å². The summed E-state index contributed by atoms with van der Waals surface area (Å²) < 4.78 is 6.05. The summed E-state index contributed by atoms with van der Waals surface area (Å²) in [5, 5.41) is 0. The van der Waals surface area contributed by atoms with Crippen LogP contribution in [0.2, 0.25) is 0 Å². The van der Waals surface area contributed by atoms with Gasteiger partial charge >= 0.3 is 0 Å². The monoisotopic (exact) mass is 296 g/mol. The number of benzene rings is 2. The molecule has 2 aromatic rings. The normalized spacial score (nSPS) is 30.1. The minimum Gasteiger partial charge on any atom is -0.364 e. The summed E-state index contributed by atoms with van der Waals surface area (Å²) in [6, 6.07) is 19.5. The van der Waals surface area contributed by atoms with E-state index < -0.39 is 0 Å². The Morgan fingerprint density at radius 3 is 2.52 bits per heavy atom. The highest BCUT2D eigenvalue weighted by molar-refractivity contribution is 7.99. The van der Waals surface area contributed by atoms with E-state index in [1.54, 1.807) is 0 Å². The van der Waals surface area contributed by atoms with E-state index in [0.717, 1.165) is 12.4 Å². The number of hydrogen-bond acceptors (Lipinski definition) is 2. The topological polar surface area (TPSA) is 12.5 Å². The van der Waals surface area contributed by atoms with Crippen molar-refractivity contribution in [1.29, 1.82) is 0 Å². The fraction of sp³-hybridized carbons (Fsp3) is 0.368. The van der Waals surface area contributed by atoms with Crippen molar-refractivity contribution in [2.75, 3.05) is 12.4 Å². The third kappa shape index (κ3) is 2.13. The van der Waals surface area contributed by atoms with Gasteiger partial charge < -0.3 is 4.74 Å². The van der Waals surface area contributed by atoms with E-state index >= 15 is 0 Å². The van der Waals surface area contributed by atoms with Gasteiger partial charge in [-0.2, -0.15) is 0 Å². The molecule has 0 N–H and O–H groups in total. The number of thioether (sulfide) groups is 1. The number of fused-ring (bicyclic) bond motifs is 2. The first-order valence-electron chi connectivity index (χ1n) is 7.64. The molecule has 0 aromatic heterocycles. The highest BCUT2D eigenvalue weighted by Gasteiger charge is 2.61. The van der Waals surface area contributed by atoms with Gasteiger partial charge in [0.15, 0.2) is 0 Å². The van der Waals surface area contributed by atoms with Crippen LogP contribution in [0, 0.1) is 5.41 Å². The van der Waals surface area contributed by atoms with Crippen molar-refractivity contribution in [3.8, 4) is 0 Å². The van der Waals surface area contributed by atoms with Crippen LogP contribution in [-0.4, -0.2) is 12.4 Å². The maximum Gasteiger partial charge on any atom is 0.123 e. The lowest BCUT2D eigenvalue weighted by Gasteiger charge is -2.41. The zero-order valence-electron chi connectivity index (χ0n) is 12.3. The molecular weight excluding hydrogens is 276 g/mol. The quantitative estimate of drug-likeness (QED) is 0.603. The van der Waals surface area contributed by atoms with E-state index in [0.29, 0.717) is 0 Å². The second-order valence-corrected chi connectivity index (χ2v) is 7.48. The molecule has 2 aliphatic rings. The highest BCUT2D eigenvalue weighted by atomic mass is 32.2. The Hall–Kier alpha value is -1.25. The molecule has 1 nitrogen and oxygen atoms in total. The van der Waals surface area contributed by atoms with Crippen LogP contribution in [0.25, 0.3) is 0 Å². The maximum atomic E-state index is 6.05. The van der Waals surface area contributed by atoms with Gasteiger partial charge in [0.2, 0.25) is 0 Å². The number of hydrogen-bond donors (Lipinski definition) is 0. The molecule has 0 amide bonds. The van der Waals surface area contributed by atoms with E-state index in [2.05, 4.69) is 61.5 Å². The summed E-state index contributed by atoms with van der Waals surface area (Å²) in [4.78, 5) is 1.35. The summed E-state index contributed by atoms with van der Waals surface area (Å²) in [6.07, 6.45) is 2.39. The van der Waals surface area contributed by atoms with Crippen LogP contribution in [0.5, 0.6) is 0 Å². The lowest BCUT2D eigenvalue weighted by molar-refractivity contribution is 0.119. The summed E-state index contributed by atoms with van der Waals surface area (Å²) >= 11 is 1.96. The summed E-state index contributed by atoms with van der Waals surface area (Å²) in [7, 11) is 0. The molecule has 2 unspecified atom stereocenters. The molecule has 1 aliphatic heterocycles. The SMILES string of the molecule is CC1(CSc2ccccc2)CCc2ccccc2C12CO2. The molecule has 108 valence electrons. The summed E-state index contributed by atoms with van der Waals surface area (Å²) in [5.74, 6) is 1.12. The molecule has 4 rings (SSSR count). The van der Waals surface area contributed by atoms with Crippen molar-refractivity contribution in [2.45, 2.75) is 30.3 Å². The van der Waals surface area contributed by atoms with Crippen LogP contribution in [0.3, 0.4) is 0 Å². The van der Waals surface area contributed by atoms with E-state index in [4.69, 9.17) is 4.74 Å². The molecule has 1 spiro atoms. The first-order valence-corrected chi connectivity index (χ1v) is 8.62. The largest absolute Gasteiger partial charge is 0.364 e. The molecule has 1 fully saturated rings. The Balaban J connectivity index is 1.61. The zero-order chi connectivity index (χ0) is 14.3. The van der Waals surface area contributed by atoms with Crippen molar-refractivity contribution >= 4 is 11.8 Å². The van der Waals surface area contributed by atoms with Gasteiger partial charge in [0.05, 0.1) is 6.61 Å². The predicted octanol–water partition coefficient (Wildman–Crippen LogP) is 4.66. The van der Waals surface area contributed by atoms with Crippen LogP contribution < -0.4 is 0 Å². The van der Waals surface area contributed by atoms with Gasteiger partial charge in [-0.1, -0.05) is 49.4 Å². The number of aryl methyl sites for hydroxylation is 1. The number of ether oxygens (including phenoxy) is 1. The zero-order valence-corrected chi connectivity index (χ0v) is 13.2. The first kappa shape index (κ1) is 13.4. The maximum absolute atomic E-state index is 6.05. The van der Waals surface area contributed by atoms with Gasteiger partial charge in [-0.15, -0.1) is 11.8 Å². The van der Waals surface area contributed by atoms with Gasteiger partial charge in [-0.05, 0) is 36.1 Å². The first-order chi connectivity index (χ1) is 10.2. The Morgan fingerprint density at radius 1 is 1.05 bits per heavy atom. The Bertz CT molecular complexity index is 648. The molecule has 1 saturated heterocycles. The third-order valence-corrected chi connectivity index (χ3v) is 6.49. The minimum atomic E-state index is -0.0242. The summed E-state index contributed by atoms with van der Waals surface area (Å²) in [6.45, 7) is 3.29. The van der Waals surface area contributed by atoms with Crippen LogP contribution in [0.4, 0.5) is 0 Å². The lowest BCUT2D eigenvalue weighted by Crippen LogP contribution is -2.40. The van der Waals surface area contributed by atoms with Crippen molar-refractivity contribution in [1.82, 2.24) is 0 Å². The van der Waals surface area contributed by atoms with Crippen molar-refractivity contribution in [3.05, 3.63) is 65.7 Å². The molecule has 0 bridgehead atoms. The molecule has 0 saturated carbocycles. The van der Waals surface area contributed by atoms with Gasteiger partial charge in [-0.25, -0.2) is 0 Å². The lowest BCUT2D eigenvalue weighted by atomic mass is 9.66. The minimum absolute atomic E-state index is 0.0242. The smallest absolute Gasteiger partial charge is 0.123 e. The van der Waals surface area contributed by atoms with E-state index in [1.165, 1.54) is 28.9 Å². The standard InChI is InChI=1S/C19H20OS/c1-18(14-21-16-8-3-2-4-9-16)12-11-15-7-5-6-10-17(15)19(18)13-20-19/h2-10H,11-14H2,1H3. The molecular formula is C19H20OS. The molecule has 1 aliphatic carbocycles.